The maximum Gasteiger partial charge on any atom is 0.305 e. The molecular weight excluding hydrogens is 524 g/mol. The molecule has 0 aliphatic rings. The van der Waals surface area contributed by atoms with Crippen LogP contribution in [0.3, 0.4) is 0 Å². The van der Waals surface area contributed by atoms with E-state index in [4.69, 9.17) is 5.73 Å². The predicted molar refractivity (Wildman–Crippen MR) is 145 cm³/mol. The molecule has 0 saturated carbocycles. The van der Waals surface area contributed by atoms with E-state index in [9.17, 15) is 44.7 Å². The van der Waals surface area contributed by atoms with Crippen molar-refractivity contribution in [3.05, 3.63) is 35.9 Å². The van der Waals surface area contributed by atoms with E-state index < -0.39 is 79.2 Å². The molecule has 0 heterocycles. The summed E-state index contributed by atoms with van der Waals surface area (Å²) in [5, 5.41) is 57.8. The van der Waals surface area contributed by atoms with Gasteiger partial charge in [-0.3, -0.25) is 19.2 Å². The maximum atomic E-state index is 13.0. The van der Waals surface area contributed by atoms with Gasteiger partial charge in [0.25, 0.3) is 5.91 Å². The molecule has 0 aliphatic carbocycles. The monoisotopic (exact) mass is 568 g/mol. The summed E-state index contributed by atoms with van der Waals surface area (Å²) < 4.78 is 0. The molecule has 1 aromatic rings. The van der Waals surface area contributed by atoms with E-state index in [1.54, 1.807) is 37.3 Å². The van der Waals surface area contributed by atoms with Crippen LogP contribution in [0.1, 0.15) is 58.6 Å². The summed E-state index contributed by atoms with van der Waals surface area (Å²) in [5.74, 6) is -3.89. The summed E-state index contributed by atoms with van der Waals surface area (Å²) in [5.41, 5.74) is 6.41. The zero-order valence-corrected chi connectivity index (χ0v) is 23.4. The number of nitrogens with two attached hydrogens (primary N) is 1. The van der Waals surface area contributed by atoms with E-state index in [1.165, 1.54) is 0 Å². The molecule has 0 aliphatic heterocycles. The number of amides is 3. The average Bonchev–Trinajstić information content (AvgIpc) is 2.92. The number of aliphatic hydroxyl groups is 4. The number of rotatable bonds is 17. The minimum atomic E-state index is -2.24. The molecule has 226 valence electrons. The summed E-state index contributed by atoms with van der Waals surface area (Å²) in [6, 6.07) is 3.61. The first kappa shape index (κ1) is 34.9. The molecule has 1 aromatic carbocycles. The number of benzene rings is 1. The molecule has 0 bridgehead atoms. The van der Waals surface area contributed by atoms with Crippen LogP contribution in [-0.2, 0) is 19.2 Å². The Kier molecular flexibility index (Phi) is 14.7. The highest BCUT2D eigenvalue weighted by Crippen LogP contribution is 2.18. The molecule has 1 unspecified atom stereocenters. The normalized spacial score (nSPS) is 17.4. The van der Waals surface area contributed by atoms with E-state index in [0.29, 0.717) is 12.0 Å². The van der Waals surface area contributed by atoms with Crippen molar-refractivity contribution in [2.45, 2.75) is 89.4 Å². The van der Waals surface area contributed by atoms with E-state index in [-0.39, 0.29) is 18.3 Å². The Morgan fingerprint density at radius 1 is 0.875 bits per heavy atom. The molecule has 13 nitrogen and oxygen atoms in total. The van der Waals surface area contributed by atoms with Crippen molar-refractivity contribution in [1.29, 1.82) is 0 Å². The molecule has 8 atom stereocenters. The van der Waals surface area contributed by atoms with Crippen molar-refractivity contribution in [2.24, 2.45) is 17.6 Å². The predicted octanol–water partition coefficient (Wildman–Crippen LogP) is -1.22. The van der Waals surface area contributed by atoms with Gasteiger partial charge in [-0.05, 0) is 23.8 Å². The topological polar surface area (TPSA) is 232 Å². The van der Waals surface area contributed by atoms with Gasteiger partial charge in [0.2, 0.25) is 11.8 Å². The second kappa shape index (κ2) is 16.9. The maximum absolute atomic E-state index is 13.0. The third-order valence-corrected chi connectivity index (χ3v) is 6.68. The number of aliphatic hydroxyl groups excluding tert-OH is 4. The van der Waals surface area contributed by atoms with Crippen LogP contribution in [0, 0.1) is 11.8 Å². The minimum absolute atomic E-state index is 0.0344. The summed E-state index contributed by atoms with van der Waals surface area (Å²) in [7, 11) is 0. The van der Waals surface area contributed by atoms with Crippen molar-refractivity contribution in [1.82, 2.24) is 16.0 Å². The third-order valence-electron chi connectivity index (χ3n) is 6.68. The van der Waals surface area contributed by atoms with Crippen molar-refractivity contribution >= 4 is 23.7 Å². The summed E-state index contributed by atoms with van der Waals surface area (Å²) in [6.45, 7) is 6.44. The Morgan fingerprint density at radius 3 is 1.98 bits per heavy atom. The van der Waals surface area contributed by atoms with Gasteiger partial charge >= 0.3 is 5.97 Å². The van der Waals surface area contributed by atoms with Crippen LogP contribution in [0.25, 0.3) is 0 Å². The van der Waals surface area contributed by atoms with E-state index >= 15 is 0 Å². The van der Waals surface area contributed by atoms with Gasteiger partial charge in [-0.15, -0.1) is 0 Å². The van der Waals surface area contributed by atoms with Gasteiger partial charge in [-0.2, -0.15) is 0 Å². The number of carbonyl (C=O) groups excluding carboxylic acids is 3. The largest absolute Gasteiger partial charge is 0.481 e. The summed E-state index contributed by atoms with van der Waals surface area (Å²) in [6.07, 6.45) is -6.08. The fourth-order valence-corrected chi connectivity index (χ4v) is 3.95. The Labute approximate surface area is 234 Å². The van der Waals surface area contributed by atoms with Gasteiger partial charge in [0.15, 0.2) is 6.10 Å². The molecule has 0 radical (unpaired) electrons. The number of aliphatic carboxylic acids is 1. The quantitative estimate of drug-likeness (QED) is 0.109. The molecule has 0 spiro atoms. The zero-order valence-electron chi connectivity index (χ0n) is 23.4. The molecule has 10 N–H and O–H groups in total. The van der Waals surface area contributed by atoms with Gasteiger partial charge in [-0.1, -0.05) is 64.4 Å². The number of carboxylic acids is 1. The fraction of sp³-hybridized carbons (Fsp3) is 0.630. The lowest BCUT2D eigenvalue weighted by Crippen LogP contribution is -2.60. The number of nitrogens with one attached hydrogen (secondary N) is 3. The first-order valence-electron chi connectivity index (χ1n) is 13.3. The van der Waals surface area contributed by atoms with Gasteiger partial charge in [0.05, 0.1) is 31.2 Å². The zero-order chi connectivity index (χ0) is 30.6. The van der Waals surface area contributed by atoms with Crippen LogP contribution in [-0.4, -0.2) is 92.3 Å². The smallest absolute Gasteiger partial charge is 0.305 e. The fourth-order valence-electron chi connectivity index (χ4n) is 3.95. The molecule has 0 fully saturated rings. The first-order chi connectivity index (χ1) is 18.7. The van der Waals surface area contributed by atoms with E-state index in [0.717, 1.165) is 0 Å². The van der Waals surface area contributed by atoms with Crippen molar-refractivity contribution < 1.29 is 44.7 Å². The second-order valence-corrected chi connectivity index (χ2v) is 10.4. The lowest BCUT2D eigenvalue weighted by molar-refractivity contribution is -0.145. The van der Waals surface area contributed by atoms with Crippen molar-refractivity contribution in [3.63, 3.8) is 0 Å². The Bertz CT molecular complexity index is 963. The van der Waals surface area contributed by atoms with Crippen LogP contribution in [0.4, 0.5) is 0 Å². The Hall–Kier alpha value is -3.10. The Morgan fingerprint density at radius 2 is 1.48 bits per heavy atom. The van der Waals surface area contributed by atoms with Gasteiger partial charge < -0.3 is 47.2 Å². The highest BCUT2D eigenvalue weighted by molar-refractivity contribution is 5.90. The molecule has 0 aromatic heterocycles. The van der Waals surface area contributed by atoms with Crippen LogP contribution in [0.15, 0.2) is 30.3 Å². The minimum Gasteiger partial charge on any atom is -0.481 e. The number of hydrogen-bond donors (Lipinski definition) is 9. The van der Waals surface area contributed by atoms with Gasteiger partial charge in [-0.25, -0.2) is 0 Å². The Balaban J connectivity index is 2.96. The lowest BCUT2D eigenvalue weighted by atomic mass is 9.96. The second-order valence-electron chi connectivity index (χ2n) is 10.4. The van der Waals surface area contributed by atoms with Crippen molar-refractivity contribution in [2.75, 3.05) is 6.61 Å². The van der Waals surface area contributed by atoms with Crippen molar-refractivity contribution in [3.8, 4) is 0 Å². The summed E-state index contributed by atoms with van der Waals surface area (Å²) in [4.78, 5) is 49.5. The highest BCUT2D eigenvalue weighted by Gasteiger charge is 2.37. The molecule has 3 amide bonds. The third kappa shape index (κ3) is 10.8. The van der Waals surface area contributed by atoms with Crippen LogP contribution in [0.2, 0.25) is 0 Å². The number of hydrogen-bond acceptors (Lipinski definition) is 9. The molecule has 0 saturated heterocycles. The SMILES string of the molecule is CCC(C)[C@H](N)C(=O)N[C@@H](CC(C)C)C(=O)N[C@@H](CO)[C@@H](O)[C@@H](O)[C@H](O)C(=O)N[C@@H](CC(=O)O)c1ccccc1. The average molecular weight is 569 g/mol. The summed E-state index contributed by atoms with van der Waals surface area (Å²) >= 11 is 0. The van der Waals surface area contributed by atoms with Crippen LogP contribution in [0.5, 0.6) is 0 Å². The molecule has 1 rings (SSSR count). The van der Waals surface area contributed by atoms with Gasteiger partial charge in [0, 0.05) is 0 Å². The van der Waals surface area contributed by atoms with Crippen LogP contribution < -0.4 is 21.7 Å². The molecule has 13 heteroatoms. The highest BCUT2D eigenvalue weighted by atomic mass is 16.4. The van der Waals surface area contributed by atoms with E-state index in [2.05, 4.69) is 16.0 Å². The molecule has 40 heavy (non-hydrogen) atoms. The lowest BCUT2D eigenvalue weighted by Gasteiger charge is -2.31. The number of carboxylic acid groups (broad SMARTS) is 1. The van der Waals surface area contributed by atoms with Crippen LogP contribution >= 0.6 is 0 Å². The number of carbonyl (C=O) groups is 4. The molecular formula is C27H44N4O9. The van der Waals surface area contributed by atoms with Gasteiger partial charge in [0.1, 0.15) is 18.2 Å². The first-order valence-corrected chi connectivity index (χ1v) is 13.3. The standard InChI is InChI=1S/C27H44N4O9/c1-5-15(4)21(28)26(39)30-18(11-14(2)3)25(38)31-19(13-32)22(35)23(36)24(37)27(40)29-17(12-20(33)34)16-9-7-6-8-10-16/h6-10,14-15,17-19,21-24,32,35-37H,5,11-13,28H2,1-4H3,(H,29,40)(H,30,39)(H,31,38)(H,33,34)/t15?,17-,18-,19-,21-,22+,23+,24-/m0/s1. The van der Waals surface area contributed by atoms with E-state index in [1.807, 2.05) is 20.8 Å².